The van der Waals surface area contributed by atoms with Crippen molar-refractivity contribution in [3.63, 3.8) is 0 Å². The molecule has 1 fully saturated rings. The molecular formula is C19H17F6N5O. The average molecular weight is 445 g/mol. The molecular weight excluding hydrogens is 428 g/mol. The van der Waals surface area contributed by atoms with Crippen LogP contribution in [0.3, 0.4) is 0 Å². The predicted octanol–water partition coefficient (Wildman–Crippen LogP) is 4.36. The molecule has 1 aliphatic rings. The van der Waals surface area contributed by atoms with Gasteiger partial charge >= 0.3 is 12.4 Å². The molecule has 0 saturated carbocycles. The first-order valence-electron chi connectivity index (χ1n) is 9.30. The topological polar surface area (TPSA) is 55.5 Å². The highest BCUT2D eigenvalue weighted by Gasteiger charge is 2.39. The molecule has 4 rings (SSSR count). The van der Waals surface area contributed by atoms with E-state index in [4.69, 9.17) is 4.74 Å². The van der Waals surface area contributed by atoms with E-state index in [0.717, 1.165) is 12.1 Å². The number of fused-ring (bicyclic) bond motifs is 1. The Bertz CT molecular complexity index is 1110. The molecule has 166 valence electrons. The molecule has 1 atom stereocenters. The van der Waals surface area contributed by atoms with Crippen molar-refractivity contribution in [2.24, 2.45) is 0 Å². The third-order valence-corrected chi connectivity index (χ3v) is 5.30. The van der Waals surface area contributed by atoms with E-state index in [2.05, 4.69) is 15.3 Å². The molecule has 0 amide bonds. The largest absolute Gasteiger partial charge is 0.453 e. The smallest absolute Gasteiger partial charge is 0.370 e. The van der Waals surface area contributed by atoms with Crippen molar-refractivity contribution in [3.05, 3.63) is 52.3 Å². The Morgan fingerprint density at radius 2 is 1.61 bits per heavy atom. The Morgan fingerprint density at radius 3 is 2.23 bits per heavy atom. The van der Waals surface area contributed by atoms with Crippen LogP contribution in [0.1, 0.15) is 34.2 Å². The first-order chi connectivity index (χ1) is 14.5. The van der Waals surface area contributed by atoms with Crippen LogP contribution in [0.2, 0.25) is 0 Å². The van der Waals surface area contributed by atoms with E-state index in [9.17, 15) is 26.3 Å². The van der Waals surface area contributed by atoms with Gasteiger partial charge in [0, 0.05) is 24.2 Å². The first-order valence-corrected chi connectivity index (χ1v) is 9.30. The summed E-state index contributed by atoms with van der Waals surface area (Å²) in [7, 11) is 0. The van der Waals surface area contributed by atoms with Crippen molar-refractivity contribution in [1.82, 2.24) is 19.8 Å². The summed E-state index contributed by atoms with van der Waals surface area (Å²) in [6.45, 7) is 4.17. The van der Waals surface area contributed by atoms with Gasteiger partial charge in [0.05, 0.1) is 12.2 Å². The van der Waals surface area contributed by atoms with Crippen molar-refractivity contribution < 1.29 is 31.1 Å². The molecule has 0 bridgehead atoms. The normalized spacial score (nSPS) is 18.1. The number of alkyl halides is 6. The monoisotopic (exact) mass is 445 g/mol. The molecule has 0 aliphatic carbocycles. The zero-order valence-corrected chi connectivity index (χ0v) is 16.4. The fourth-order valence-electron chi connectivity index (χ4n) is 3.52. The van der Waals surface area contributed by atoms with Gasteiger partial charge in [-0.15, -0.1) is 15.3 Å². The Kier molecular flexibility index (Phi) is 5.07. The fourth-order valence-corrected chi connectivity index (χ4v) is 3.52. The van der Waals surface area contributed by atoms with Crippen LogP contribution in [0.15, 0.2) is 24.3 Å². The van der Waals surface area contributed by atoms with E-state index in [1.54, 1.807) is 18.7 Å². The number of hydrogen-bond donors (Lipinski definition) is 0. The van der Waals surface area contributed by atoms with Crippen LogP contribution in [-0.4, -0.2) is 39.5 Å². The summed E-state index contributed by atoms with van der Waals surface area (Å²) >= 11 is 0. The molecule has 2 aromatic heterocycles. The van der Waals surface area contributed by atoms with Crippen LogP contribution < -0.4 is 4.90 Å². The maximum Gasteiger partial charge on any atom is 0.453 e. The maximum absolute atomic E-state index is 13.3. The molecule has 1 aromatic carbocycles. The van der Waals surface area contributed by atoms with E-state index < -0.39 is 29.8 Å². The average Bonchev–Trinajstić information content (AvgIpc) is 3.15. The number of anilines is 1. The van der Waals surface area contributed by atoms with Gasteiger partial charge in [-0.1, -0.05) is 12.1 Å². The van der Waals surface area contributed by atoms with Gasteiger partial charge in [0.1, 0.15) is 6.10 Å². The molecule has 3 heterocycles. The molecule has 0 spiro atoms. The summed E-state index contributed by atoms with van der Waals surface area (Å²) < 4.78 is 84.6. The number of benzene rings is 1. The highest BCUT2D eigenvalue weighted by Crippen LogP contribution is 2.34. The Labute approximate surface area is 172 Å². The van der Waals surface area contributed by atoms with Crippen molar-refractivity contribution >= 4 is 11.5 Å². The third-order valence-electron chi connectivity index (χ3n) is 5.30. The second kappa shape index (κ2) is 7.36. The highest BCUT2D eigenvalue weighted by molar-refractivity contribution is 5.59. The summed E-state index contributed by atoms with van der Waals surface area (Å²) in [4.78, 5) is 1.76. The van der Waals surface area contributed by atoms with Crippen LogP contribution in [0.4, 0.5) is 32.2 Å². The Balaban J connectivity index is 1.67. The van der Waals surface area contributed by atoms with E-state index in [1.807, 2.05) is 0 Å². The lowest BCUT2D eigenvalue weighted by Crippen LogP contribution is -2.39. The molecule has 31 heavy (non-hydrogen) atoms. The second-order valence-corrected chi connectivity index (χ2v) is 7.26. The maximum atomic E-state index is 13.3. The number of aryl methyl sites for hydroxylation is 1. The van der Waals surface area contributed by atoms with Crippen molar-refractivity contribution in [2.75, 3.05) is 24.6 Å². The van der Waals surface area contributed by atoms with Crippen LogP contribution in [0.5, 0.6) is 0 Å². The predicted molar refractivity (Wildman–Crippen MR) is 97.6 cm³/mol. The second-order valence-electron chi connectivity index (χ2n) is 7.26. The number of nitrogens with zero attached hydrogens (tertiary/aromatic N) is 5. The third kappa shape index (κ3) is 3.91. The molecule has 1 aliphatic heterocycles. The first kappa shape index (κ1) is 21.3. The van der Waals surface area contributed by atoms with E-state index >= 15 is 0 Å². The van der Waals surface area contributed by atoms with Crippen LogP contribution in [-0.2, 0) is 17.1 Å². The highest BCUT2D eigenvalue weighted by atomic mass is 19.4. The van der Waals surface area contributed by atoms with Gasteiger partial charge in [0.15, 0.2) is 11.5 Å². The quantitative estimate of drug-likeness (QED) is 0.549. The molecule has 12 heteroatoms. The number of halogens is 6. The van der Waals surface area contributed by atoms with Crippen molar-refractivity contribution in [3.8, 4) is 0 Å². The summed E-state index contributed by atoms with van der Waals surface area (Å²) in [5.74, 6) is -0.907. The summed E-state index contributed by atoms with van der Waals surface area (Å²) in [5, 5.41) is 11.0. The minimum Gasteiger partial charge on any atom is -0.370 e. The summed E-state index contributed by atoms with van der Waals surface area (Å²) in [6.07, 6.45) is -9.73. The van der Waals surface area contributed by atoms with E-state index in [-0.39, 0.29) is 18.8 Å². The van der Waals surface area contributed by atoms with Gasteiger partial charge in [0.25, 0.3) is 5.82 Å². The van der Waals surface area contributed by atoms with Gasteiger partial charge in [-0.3, -0.25) is 0 Å². The molecule has 0 N–H and O–H groups in total. The molecule has 1 saturated heterocycles. The van der Waals surface area contributed by atoms with Crippen LogP contribution >= 0.6 is 0 Å². The SMILES string of the molecule is Cc1c(N2CCOC(c3ccc(C(F)(F)F)cc3)C2)nn2c(C(F)(F)F)nnc2c1C. The lowest BCUT2D eigenvalue weighted by Gasteiger charge is -2.35. The Morgan fingerprint density at radius 1 is 0.935 bits per heavy atom. The van der Waals surface area contributed by atoms with Crippen molar-refractivity contribution in [2.45, 2.75) is 32.3 Å². The lowest BCUT2D eigenvalue weighted by molar-refractivity contribution is -0.146. The molecule has 3 aromatic rings. The zero-order valence-electron chi connectivity index (χ0n) is 16.4. The van der Waals surface area contributed by atoms with Crippen LogP contribution in [0.25, 0.3) is 5.65 Å². The van der Waals surface area contributed by atoms with Gasteiger partial charge in [0.2, 0.25) is 0 Å². The number of aromatic nitrogens is 4. The van der Waals surface area contributed by atoms with Gasteiger partial charge in [-0.2, -0.15) is 30.9 Å². The minimum absolute atomic E-state index is 0.0149. The van der Waals surface area contributed by atoms with E-state index in [1.165, 1.54) is 12.1 Å². The van der Waals surface area contributed by atoms with Gasteiger partial charge < -0.3 is 9.64 Å². The number of morpholine rings is 1. The fraction of sp³-hybridized carbons (Fsp3) is 0.421. The molecule has 6 nitrogen and oxygen atoms in total. The van der Waals surface area contributed by atoms with Gasteiger partial charge in [-0.25, -0.2) is 0 Å². The van der Waals surface area contributed by atoms with Crippen LogP contribution in [0, 0.1) is 13.8 Å². The minimum atomic E-state index is -4.72. The number of rotatable bonds is 2. The molecule has 1 unspecified atom stereocenters. The zero-order chi connectivity index (χ0) is 22.6. The number of hydrogen-bond acceptors (Lipinski definition) is 5. The lowest BCUT2D eigenvalue weighted by atomic mass is 10.0. The standard InChI is InChI=1S/C19H17F6N5O/c1-10-11(2)16(28-30-15(10)26-27-17(30)19(23,24)25)29-7-8-31-14(9-29)12-3-5-13(6-4-12)18(20,21)22/h3-6,14H,7-9H2,1-2H3. The summed E-state index contributed by atoms with van der Waals surface area (Å²) in [6, 6.07) is 4.63. The molecule has 0 radical (unpaired) electrons. The van der Waals surface area contributed by atoms with E-state index in [0.29, 0.717) is 33.6 Å². The van der Waals surface area contributed by atoms with Crippen molar-refractivity contribution in [1.29, 1.82) is 0 Å². The Hall–Kier alpha value is -2.89. The van der Waals surface area contributed by atoms with Gasteiger partial charge in [-0.05, 0) is 31.5 Å². The summed E-state index contributed by atoms with van der Waals surface area (Å²) in [5.41, 5.74) is 0.927. The number of ether oxygens (including phenoxy) is 1.